The van der Waals surface area contributed by atoms with Crippen LogP contribution in [0.3, 0.4) is 0 Å². The van der Waals surface area contributed by atoms with E-state index in [4.69, 9.17) is 17.3 Å². The molecule has 0 saturated heterocycles. The SMILES string of the molecule is CS(=O)(=O)NC1CCC(CN)(c2cccc(Cl)c2)CC1.Cl. The second-order valence-electron chi connectivity index (χ2n) is 5.66. The summed E-state index contributed by atoms with van der Waals surface area (Å²) in [4.78, 5) is 0. The van der Waals surface area contributed by atoms with Crippen molar-refractivity contribution in [2.24, 2.45) is 5.73 Å². The van der Waals surface area contributed by atoms with Crippen molar-refractivity contribution < 1.29 is 8.42 Å². The normalized spacial score (nSPS) is 26.1. The third-order valence-corrected chi connectivity index (χ3v) is 5.15. The average Bonchev–Trinajstić information content (AvgIpc) is 2.38. The molecule has 0 heterocycles. The van der Waals surface area contributed by atoms with Gasteiger partial charge >= 0.3 is 0 Å². The van der Waals surface area contributed by atoms with Gasteiger partial charge in [0.05, 0.1) is 6.26 Å². The van der Waals surface area contributed by atoms with Gasteiger partial charge in [-0.25, -0.2) is 13.1 Å². The highest BCUT2D eigenvalue weighted by molar-refractivity contribution is 7.88. The summed E-state index contributed by atoms with van der Waals surface area (Å²) in [5, 5.41) is 0.715. The molecule has 0 amide bonds. The molecule has 3 N–H and O–H groups in total. The number of nitrogens with one attached hydrogen (secondary N) is 1. The molecule has 1 aliphatic rings. The second kappa shape index (κ2) is 7.29. The molecule has 7 heteroatoms. The first-order valence-electron chi connectivity index (χ1n) is 6.78. The maximum absolute atomic E-state index is 11.3. The van der Waals surface area contributed by atoms with Gasteiger partial charge in [-0.05, 0) is 43.4 Å². The van der Waals surface area contributed by atoms with Crippen LogP contribution in [0, 0.1) is 0 Å². The van der Waals surface area contributed by atoms with Crippen molar-refractivity contribution in [3.63, 3.8) is 0 Å². The lowest BCUT2D eigenvalue weighted by atomic mass is 9.68. The summed E-state index contributed by atoms with van der Waals surface area (Å²) in [6.07, 6.45) is 4.55. The van der Waals surface area contributed by atoms with E-state index in [1.165, 1.54) is 6.26 Å². The van der Waals surface area contributed by atoms with Gasteiger partial charge in [0.2, 0.25) is 10.0 Å². The van der Waals surface area contributed by atoms with Crippen LogP contribution in [-0.4, -0.2) is 27.3 Å². The third kappa shape index (κ3) is 4.83. The Hall–Kier alpha value is -0.330. The van der Waals surface area contributed by atoms with E-state index in [9.17, 15) is 8.42 Å². The van der Waals surface area contributed by atoms with Crippen LogP contribution in [-0.2, 0) is 15.4 Å². The minimum Gasteiger partial charge on any atom is -0.330 e. The molecule has 0 unspecified atom stereocenters. The zero-order chi connectivity index (χ0) is 14.8. The van der Waals surface area contributed by atoms with Crippen LogP contribution in [0.1, 0.15) is 31.2 Å². The van der Waals surface area contributed by atoms with Crippen molar-refractivity contribution in [2.75, 3.05) is 12.8 Å². The number of halogens is 2. The number of hydrogen-bond acceptors (Lipinski definition) is 3. The van der Waals surface area contributed by atoms with E-state index in [1.807, 2.05) is 18.2 Å². The number of sulfonamides is 1. The Labute approximate surface area is 137 Å². The zero-order valence-corrected chi connectivity index (χ0v) is 14.4. The van der Waals surface area contributed by atoms with Gasteiger partial charge in [-0.2, -0.15) is 0 Å². The maximum Gasteiger partial charge on any atom is 0.208 e. The van der Waals surface area contributed by atoms with Crippen molar-refractivity contribution in [1.29, 1.82) is 0 Å². The van der Waals surface area contributed by atoms with E-state index < -0.39 is 10.0 Å². The molecule has 120 valence electrons. The van der Waals surface area contributed by atoms with Gasteiger partial charge in [-0.3, -0.25) is 0 Å². The molecule has 21 heavy (non-hydrogen) atoms. The summed E-state index contributed by atoms with van der Waals surface area (Å²) >= 11 is 6.07. The standard InChI is InChI=1S/C14H21ClN2O2S.ClH/c1-20(18,19)17-13-5-7-14(10-16,8-6-13)11-3-2-4-12(15)9-11;/h2-4,9,13,17H,5-8,10,16H2,1H3;1H. The Bertz CT molecular complexity index is 570. The molecule has 0 atom stereocenters. The van der Waals surface area contributed by atoms with E-state index in [0.717, 1.165) is 31.2 Å². The summed E-state index contributed by atoms with van der Waals surface area (Å²) in [7, 11) is -3.14. The number of benzene rings is 1. The van der Waals surface area contributed by atoms with E-state index in [0.29, 0.717) is 11.6 Å². The first-order chi connectivity index (χ1) is 9.35. The van der Waals surface area contributed by atoms with Gasteiger partial charge in [0, 0.05) is 23.0 Å². The van der Waals surface area contributed by atoms with Crippen LogP contribution in [0.15, 0.2) is 24.3 Å². The van der Waals surface area contributed by atoms with E-state index in [-0.39, 0.29) is 23.9 Å². The summed E-state index contributed by atoms with van der Waals surface area (Å²) in [5.74, 6) is 0. The van der Waals surface area contributed by atoms with Crippen molar-refractivity contribution >= 4 is 34.0 Å². The number of hydrogen-bond donors (Lipinski definition) is 2. The summed E-state index contributed by atoms with van der Waals surface area (Å²) in [5.41, 5.74) is 7.09. The first kappa shape index (κ1) is 18.7. The topological polar surface area (TPSA) is 72.2 Å². The number of nitrogens with two attached hydrogens (primary N) is 1. The fraction of sp³-hybridized carbons (Fsp3) is 0.571. The Balaban J connectivity index is 0.00000220. The lowest BCUT2D eigenvalue weighted by molar-refractivity contribution is 0.267. The molecule has 1 aromatic rings. The molecule has 0 spiro atoms. The highest BCUT2D eigenvalue weighted by Crippen LogP contribution is 2.39. The van der Waals surface area contributed by atoms with Crippen molar-refractivity contribution in [2.45, 2.75) is 37.1 Å². The third-order valence-electron chi connectivity index (χ3n) is 4.15. The van der Waals surface area contributed by atoms with Gasteiger partial charge < -0.3 is 5.73 Å². The molecule has 2 rings (SSSR count). The summed E-state index contributed by atoms with van der Waals surface area (Å²) < 4.78 is 25.3. The molecule has 1 saturated carbocycles. The van der Waals surface area contributed by atoms with Gasteiger partial charge in [-0.1, -0.05) is 23.7 Å². The minimum atomic E-state index is -3.14. The smallest absolute Gasteiger partial charge is 0.208 e. The largest absolute Gasteiger partial charge is 0.330 e. The molecular weight excluding hydrogens is 331 g/mol. The van der Waals surface area contributed by atoms with Crippen molar-refractivity contribution in [3.05, 3.63) is 34.9 Å². The quantitative estimate of drug-likeness (QED) is 0.873. The van der Waals surface area contributed by atoms with Crippen LogP contribution in [0.5, 0.6) is 0 Å². The van der Waals surface area contributed by atoms with Gasteiger partial charge in [0.1, 0.15) is 0 Å². The van der Waals surface area contributed by atoms with Crippen LogP contribution >= 0.6 is 24.0 Å². The molecule has 1 aliphatic carbocycles. The predicted molar refractivity (Wildman–Crippen MR) is 89.7 cm³/mol. The first-order valence-corrected chi connectivity index (χ1v) is 9.05. The molecule has 1 fully saturated rings. The van der Waals surface area contributed by atoms with Crippen LogP contribution in [0.25, 0.3) is 0 Å². The fourth-order valence-corrected chi connectivity index (χ4v) is 4.05. The van der Waals surface area contributed by atoms with E-state index >= 15 is 0 Å². The summed E-state index contributed by atoms with van der Waals surface area (Å²) in [6.45, 7) is 0.555. The van der Waals surface area contributed by atoms with E-state index in [1.54, 1.807) is 0 Å². The monoisotopic (exact) mass is 352 g/mol. The Morgan fingerprint density at radius 3 is 2.48 bits per heavy atom. The van der Waals surface area contributed by atoms with Crippen LogP contribution in [0.2, 0.25) is 5.02 Å². The van der Waals surface area contributed by atoms with Crippen molar-refractivity contribution in [3.8, 4) is 0 Å². The average molecular weight is 353 g/mol. The molecule has 0 radical (unpaired) electrons. The Morgan fingerprint density at radius 1 is 1.38 bits per heavy atom. The molecule has 0 aromatic heterocycles. The van der Waals surface area contributed by atoms with Crippen molar-refractivity contribution in [1.82, 2.24) is 4.72 Å². The highest BCUT2D eigenvalue weighted by Gasteiger charge is 2.36. The highest BCUT2D eigenvalue weighted by atomic mass is 35.5. The molecule has 0 aliphatic heterocycles. The van der Waals surface area contributed by atoms with Gasteiger partial charge in [0.15, 0.2) is 0 Å². The molecule has 1 aromatic carbocycles. The van der Waals surface area contributed by atoms with Crippen LogP contribution in [0.4, 0.5) is 0 Å². The van der Waals surface area contributed by atoms with E-state index in [2.05, 4.69) is 10.8 Å². The summed E-state index contributed by atoms with van der Waals surface area (Å²) in [6, 6.07) is 7.84. The molecule has 4 nitrogen and oxygen atoms in total. The van der Waals surface area contributed by atoms with Gasteiger partial charge in [0.25, 0.3) is 0 Å². The second-order valence-corrected chi connectivity index (χ2v) is 7.88. The lowest BCUT2D eigenvalue weighted by Crippen LogP contribution is -2.45. The number of rotatable bonds is 4. The zero-order valence-electron chi connectivity index (χ0n) is 12.0. The predicted octanol–water partition coefficient (Wildman–Crippen LogP) is 2.45. The maximum atomic E-state index is 11.3. The van der Waals surface area contributed by atoms with Crippen LogP contribution < -0.4 is 10.5 Å². The Morgan fingerprint density at radius 2 is 2.00 bits per heavy atom. The minimum absolute atomic E-state index is 0. The Kier molecular flexibility index (Phi) is 6.50. The van der Waals surface area contributed by atoms with Gasteiger partial charge in [-0.15, -0.1) is 12.4 Å². The molecule has 0 bridgehead atoms. The lowest BCUT2D eigenvalue weighted by Gasteiger charge is -2.40. The molecular formula is C14H22Cl2N2O2S. The fourth-order valence-electron chi connectivity index (χ4n) is 3.02.